The smallest absolute Gasteiger partial charge is 0.322 e. The largest absolute Gasteiger partial charge is 0.377 e. The summed E-state index contributed by atoms with van der Waals surface area (Å²) in [5.74, 6) is 0.770. The van der Waals surface area contributed by atoms with Crippen LogP contribution >= 0.6 is 0 Å². The van der Waals surface area contributed by atoms with E-state index in [1.54, 1.807) is 12.0 Å². The van der Waals surface area contributed by atoms with Crippen LogP contribution in [-0.4, -0.2) is 47.9 Å². The van der Waals surface area contributed by atoms with Crippen molar-refractivity contribution in [3.8, 4) is 11.1 Å². The van der Waals surface area contributed by atoms with E-state index in [4.69, 9.17) is 14.0 Å². The molecule has 1 aliphatic rings. The maximum absolute atomic E-state index is 13.1. The monoisotopic (exact) mass is 394 g/mol. The molecule has 0 radical (unpaired) electrons. The van der Waals surface area contributed by atoms with E-state index in [-0.39, 0.29) is 12.6 Å². The summed E-state index contributed by atoms with van der Waals surface area (Å²) in [7, 11) is 1.55. The van der Waals surface area contributed by atoms with Crippen LogP contribution in [-0.2, 0) is 16.1 Å². The predicted molar refractivity (Wildman–Crippen MR) is 106 cm³/mol. The molecule has 8 heteroatoms. The van der Waals surface area contributed by atoms with E-state index in [1.807, 2.05) is 54.6 Å². The summed E-state index contributed by atoms with van der Waals surface area (Å²) < 4.78 is 15.8. The fraction of sp³-hybridized carbons (Fsp3) is 0.286. The van der Waals surface area contributed by atoms with Crippen molar-refractivity contribution in [2.45, 2.75) is 12.6 Å². The lowest BCUT2D eigenvalue weighted by Crippen LogP contribution is -2.45. The number of urea groups is 1. The molecule has 1 N–H and O–H groups in total. The summed E-state index contributed by atoms with van der Waals surface area (Å²) in [5, 5.41) is 7.03. The molecule has 0 spiro atoms. The van der Waals surface area contributed by atoms with Gasteiger partial charge in [-0.25, -0.2) is 4.79 Å². The van der Waals surface area contributed by atoms with E-state index < -0.39 is 6.04 Å². The number of hydrogen-bond acceptors (Lipinski definition) is 6. The summed E-state index contributed by atoms with van der Waals surface area (Å²) in [4.78, 5) is 19.1. The number of ether oxygens (including phenoxy) is 2. The number of amides is 2. The van der Waals surface area contributed by atoms with Gasteiger partial charge in [0.25, 0.3) is 5.89 Å². The van der Waals surface area contributed by atoms with E-state index in [9.17, 15) is 4.79 Å². The molecule has 0 aliphatic carbocycles. The number of aromatic nitrogens is 2. The summed E-state index contributed by atoms with van der Waals surface area (Å²) >= 11 is 0. The van der Waals surface area contributed by atoms with Crippen molar-refractivity contribution in [1.82, 2.24) is 15.0 Å². The number of methoxy groups -OCH3 is 1. The lowest BCUT2D eigenvalue weighted by Gasteiger charge is -2.33. The fourth-order valence-corrected chi connectivity index (χ4v) is 3.29. The average Bonchev–Trinajstić information content (AvgIpc) is 3.23. The molecule has 1 fully saturated rings. The zero-order valence-corrected chi connectivity index (χ0v) is 16.1. The molecule has 2 aromatic carbocycles. The molecular formula is C21H22N4O4. The predicted octanol–water partition coefficient (Wildman–Crippen LogP) is 3.49. The molecule has 8 nitrogen and oxygen atoms in total. The molecule has 0 saturated carbocycles. The molecule has 150 valence electrons. The van der Waals surface area contributed by atoms with E-state index in [0.717, 1.165) is 16.8 Å². The Morgan fingerprint density at radius 1 is 1.21 bits per heavy atom. The molecular weight excluding hydrogens is 372 g/mol. The molecule has 0 bridgehead atoms. The highest BCUT2D eigenvalue weighted by molar-refractivity contribution is 5.94. The van der Waals surface area contributed by atoms with Crippen LogP contribution in [0.15, 0.2) is 59.1 Å². The van der Waals surface area contributed by atoms with Crippen LogP contribution in [0.5, 0.6) is 0 Å². The first kappa shape index (κ1) is 19.1. The topological polar surface area (TPSA) is 89.7 Å². The SMILES string of the molecule is COCc1nc([C@@H]2COCCN2C(=O)Nc2ccccc2-c2ccccc2)no1. The average molecular weight is 394 g/mol. The molecule has 1 aliphatic heterocycles. The van der Waals surface area contributed by atoms with Gasteiger partial charge in [-0.1, -0.05) is 53.7 Å². The second-order valence-corrected chi connectivity index (χ2v) is 6.61. The van der Waals surface area contributed by atoms with Gasteiger partial charge in [0.2, 0.25) is 0 Å². The maximum Gasteiger partial charge on any atom is 0.322 e. The Bertz CT molecular complexity index is 960. The summed E-state index contributed by atoms with van der Waals surface area (Å²) in [6.45, 7) is 1.40. The molecule has 2 heterocycles. The number of para-hydroxylation sites is 1. The second-order valence-electron chi connectivity index (χ2n) is 6.61. The van der Waals surface area contributed by atoms with Gasteiger partial charge in [-0.2, -0.15) is 4.98 Å². The Labute approximate surface area is 168 Å². The first-order chi connectivity index (χ1) is 14.3. The third-order valence-corrected chi connectivity index (χ3v) is 4.69. The minimum absolute atomic E-state index is 0.219. The van der Waals surface area contributed by atoms with Crippen molar-refractivity contribution in [1.29, 1.82) is 0 Å². The van der Waals surface area contributed by atoms with Gasteiger partial charge in [-0.3, -0.25) is 0 Å². The Hall–Kier alpha value is -3.23. The Balaban J connectivity index is 1.55. The minimum atomic E-state index is -0.429. The van der Waals surface area contributed by atoms with E-state index in [2.05, 4.69) is 15.5 Å². The van der Waals surface area contributed by atoms with E-state index in [1.165, 1.54) is 0 Å². The number of carbonyl (C=O) groups is 1. The van der Waals surface area contributed by atoms with Crippen LogP contribution in [0.4, 0.5) is 10.5 Å². The van der Waals surface area contributed by atoms with Crippen molar-refractivity contribution in [3.63, 3.8) is 0 Å². The summed E-state index contributed by atoms with van der Waals surface area (Å²) in [5.41, 5.74) is 2.72. The molecule has 1 aromatic heterocycles. The Kier molecular flexibility index (Phi) is 5.83. The second kappa shape index (κ2) is 8.85. The van der Waals surface area contributed by atoms with Gasteiger partial charge in [0.1, 0.15) is 12.6 Å². The van der Waals surface area contributed by atoms with Gasteiger partial charge in [-0.15, -0.1) is 0 Å². The summed E-state index contributed by atoms with van der Waals surface area (Å²) in [6, 6.07) is 17.0. The normalized spacial score (nSPS) is 16.6. The van der Waals surface area contributed by atoms with Crippen LogP contribution in [0.2, 0.25) is 0 Å². The fourth-order valence-electron chi connectivity index (χ4n) is 3.29. The summed E-state index contributed by atoms with van der Waals surface area (Å²) in [6.07, 6.45) is 0. The van der Waals surface area contributed by atoms with Crippen molar-refractivity contribution in [2.75, 3.05) is 32.2 Å². The number of nitrogens with zero attached hydrogens (tertiary/aromatic N) is 3. The molecule has 1 atom stereocenters. The molecule has 2 amide bonds. The zero-order valence-electron chi connectivity index (χ0n) is 16.1. The number of carbonyl (C=O) groups excluding carboxylic acids is 1. The van der Waals surface area contributed by atoms with Crippen molar-refractivity contribution in [2.24, 2.45) is 0 Å². The standard InChI is InChI=1S/C21H22N4O4/c1-27-14-19-23-20(24-29-19)18-13-28-12-11-25(18)21(26)22-17-10-6-5-9-16(17)15-7-3-2-4-8-15/h2-10,18H,11-14H2,1H3,(H,22,26)/t18-/m0/s1. The van der Waals surface area contributed by atoms with Gasteiger partial charge < -0.3 is 24.2 Å². The highest BCUT2D eigenvalue weighted by Gasteiger charge is 2.32. The molecule has 4 rings (SSSR count). The third-order valence-electron chi connectivity index (χ3n) is 4.69. The molecule has 29 heavy (non-hydrogen) atoms. The highest BCUT2D eigenvalue weighted by Crippen LogP contribution is 2.29. The molecule has 0 unspecified atom stereocenters. The Morgan fingerprint density at radius 2 is 2.00 bits per heavy atom. The van der Waals surface area contributed by atoms with Gasteiger partial charge in [-0.05, 0) is 11.6 Å². The number of hydrogen-bond donors (Lipinski definition) is 1. The number of benzene rings is 2. The van der Waals surface area contributed by atoms with Gasteiger partial charge >= 0.3 is 6.03 Å². The lowest BCUT2D eigenvalue weighted by atomic mass is 10.0. The van der Waals surface area contributed by atoms with Gasteiger partial charge in [0, 0.05) is 19.2 Å². The number of rotatable bonds is 5. The van der Waals surface area contributed by atoms with Crippen molar-refractivity contribution < 1.29 is 18.8 Å². The number of nitrogens with one attached hydrogen (secondary N) is 1. The highest BCUT2D eigenvalue weighted by atomic mass is 16.5. The molecule has 3 aromatic rings. The van der Waals surface area contributed by atoms with Crippen molar-refractivity contribution in [3.05, 3.63) is 66.3 Å². The van der Waals surface area contributed by atoms with Crippen LogP contribution in [0.1, 0.15) is 17.8 Å². The number of morpholine rings is 1. The van der Waals surface area contributed by atoms with E-state index >= 15 is 0 Å². The number of anilines is 1. The first-order valence-electron chi connectivity index (χ1n) is 9.37. The lowest BCUT2D eigenvalue weighted by molar-refractivity contribution is 0.0110. The third kappa shape index (κ3) is 4.28. The quantitative estimate of drug-likeness (QED) is 0.713. The molecule has 1 saturated heterocycles. The van der Waals surface area contributed by atoms with Gasteiger partial charge in [0.15, 0.2) is 5.82 Å². The maximum atomic E-state index is 13.1. The van der Waals surface area contributed by atoms with Crippen LogP contribution in [0, 0.1) is 0 Å². The Morgan fingerprint density at radius 3 is 2.83 bits per heavy atom. The minimum Gasteiger partial charge on any atom is -0.377 e. The van der Waals surface area contributed by atoms with Gasteiger partial charge in [0.05, 0.1) is 18.9 Å². The van der Waals surface area contributed by atoms with Crippen LogP contribution in [0.25, 0.3) is 11.1 Å². The van der Waals surface area contributed by atoms with Crippen molar-refractivity contribution >= 4 is 11.7 Å². The zero-order chi connectivity index (χ0) is 20.1. The van der Waals surface area contributed by atoms with E-state index in [0.29, 0.717) is 31.5 Å². The van der Waals surface area contributed by atoms with Crippen LogP contribution < -0.4 is 5.32 Å². The van der Waals surface area contributed by atoms with Crippen LogP contribution in [0.3, 0.4) is 0 Å². The first-order valence-corrected chi connectivity index (χ1v) is 9.37.